The van der Waals surface area contributed by atoms with Crippen LogP contribution in [0.1, 0.15) is 26.2 Å². The third-order valence-electron chi connectivity index (χ3n) is 3.08. The molecule has 0 saturated carbocycles. The largest absolute Gasteiger partial charge is 0.354 e. The summed E-state index contributed by atoms with van der Waals surface area (Å²) in [7, 11) is -3.66. The van der Waals surface area contributed by atoms with E-state index in [9.17, 15) is 13.2 Å². The van der Waals surface area contributed by atoms with Gasteiger partial charge in [0.2, 0.25) is 21.9 Å². The van der Waals surface area contributed by atoms with Crippen molar-refractivity contribution in [3.05, 3.63) is 12.4 Å². The van der Waals surface area contributed by atoms with Crippen molar-refractivity contribution in [3.8, 4) is 0 Å². The molecule has 1 unspecified atom stereocenters. The molecule has 21 heavy (non-hydrogen) atoms. The van der Waals surface area contributed by atoms with Crippen molar-refractivity contribution in [2.24, 2.45) is 0 Å². The molecule has 1 atom stereocenters. The second kappa shape index (κ2) is 6.81. The molecule has 0 aliphatic carbocycles. The van der Waals surface area contributed by atoms with Gasteiger partial charge in [-0.3, -0.25) is 4.79 Å². The predicted octanol–water partition coefficient (Wildman–Crippen LogP) is -0.145. The highest BCUT2D eigenvalue weighted by molar-refractivity contribution is 7.89. The van der Waals surface area contributed by atoms with Crippen LogP contribution in [0.15, 0.2) is 17.3 Å². The molecule has 1 amide bonds. The van der Waals surface area contributed by atoms with E-state index in [1.54, 1.807) is 0 Å². The molecular weight excluding hydrogens is 294 g/mol. The fraction of sp³-hybridized carbons (Fsp3) is 0.583. The number of carbonyl (C=O) groups excluding carboxylic acids is 1. The molecule has 0 spiro atoms. The Balaban J connectivity index is 1.93. The van der Waals surface area contributed by atoms with Gasteiger partial charge in [-0.05, 0) is 12.8 Å². The Hall–Kier alpha value is -1.74. The van der Waals surface area contributed by atoms with Gasteiger partial charge in [0.15, 0.2) is 0 Å². The van der Waals surface area contributed by atoms with E-state index >= 15 is 0 Å². The van der Waals surface area contributed by atoms with Crippen molar-refractivity contribution >= 4 is 21.9 Å². The van der Waals surface area contributed by atoms with Gasteiger partial charge in [0.1, 0.15) is 4.90 Å². The topological polar surface area (TPSA) is 113 Å². The number of hydrogen-bond acceptors (Lipinski definition) is 6. The van der Waals surface area contributed by atoms with E-state index < -0.39 is 10.0 Å². The summed E-state index contributed by atoms with van der Waals surface area (Å²) in [6.07, 6.45) is 4.53. The first kappa shape index (κ1) is 15.6. The van der Waals surface area contributed by atoms with Gasteiger partial charge in [-0.25, -0.2) is 23.1 Å². The minimum absolute atomic E-state index is 0.00821. The number of hydrogen-bond donors (Lipinski definition) is 3. The molecule has 0 bridgehead atoms. The van der Waals surface area contributed by atoms with Crippen LogP contribution in [0.5, 0.6) is 0 Å². The van der Waals surface area contributed by atoms with E-state index in [4.69, 9.17) is 0 Å². The van der Waals surface area contributed by atoms with Crippen molar-refractivity contribution in [2.75, 3.05) is 18.4 Å². The second-order valence-electron chi connectivity index (χ2n) is 4.82. The van der Waals surface area contributed by atoms with E-state index in [1.807, 2.05) is 6.92 Å². The van der Waals surface area contributed by atoms with Crippen LogP contribution < -0.4 is 15.4 Å². The second-order valence-corrected chi connectivity index (χ2v) is 6.59. The normalized spacial score (nSPS) is 18.5. The summed E-state index contributed by atoms with van der Waals surface area (Å²) in [5.41, 5.74) is 0. The minimum Gasteiger partial charge on any atom is -0.354 e. The number of anilines is 1. The van der Waals surface area contributed by atoms with E-state index in [1.165, 1.54) is 12.4 Å². The number of nitrogens with one attached hydrogen (secondary N) is 3. The van der Waals surface area contributed by atoms with Crippen LogP contribution in [-0.4, -0.2) is 43.4 Å². The van der Waals surface area contributed by atoms with Crippen LogP contribution in [0.2, 0.25) is 0 Å². The molecule has 9 heteroatoms. The SMILES string of the molecule is CCCNc1ncc(S(=O)(=O)NCC2CCC(=O)N2)cn1. The Morgan fingerprint density at radius 1 is 1.38 bits per heavy atom. The molecule has 3 N–H and O–H groups in total. The van der Waals surface area contributed by atoms with Crippen molar-refractivity contribution < 1.29 is 13.2 Å². The molecule has 1 aromatic rings. The van der Waals surface area contributed by atoms with Gasteiger partial charge in [-0.1, -0.05) is 6.92 Å². The highest BCUT2D eigenvalue weighted by Gasteiger charge is 2.23. The zero-order valence-corrected chi connectivity index (χ0v) is 12.6. The summed E-state index contributed by atoms with van der Waals surface area (Å²) in [5, 5.41) is 5.67. The summed E-state index contributed by atoms with van der Waals surface area (Å²) in [4.78, 5) is 19.0. The maximum atomic E-state index is 12.1. The van der Waals surface area contributed by atoms with E-state index in [0.717, 1.165) is 13.0 Å². The number of aromatic nitrogens is 2. The number of amides is 1. The number of carbonyl (C=O) groups is 1. The Morgan fingerprint density at radius 3 is 2.67 bits per heavy atom. The van der Waals surface area contributed by atoms with Crippen molar-refractivity contribution in [2.45, 2.75) is 37.1 Å². The molecule has 116 valence electrons. The number of sulfonamides is 1. The van der Waals surface area contributed by atoms with Crippen molar-refractivity contribution in [1.82, 2.24) is 20.0 Å². The van der Waals surface area contributed by atoms with E-state index in [2.05, 4.69) is 25.3 Å². The monoisotopic (exact) mass is 313 g/mol. The van der Waals surface area contributed by atoms with Crippen LogP contribution in [0, 0.1) is 0 Å². The standard InChI is InChI=1S/C12H19N5O3S/c1-2-5-13-12-14-7-10(8-15-12)21(19,20)16-6-9-3-4-11(18)17-9/h7-9,16H,2-6H2,1H3,(H,17,18)(H,13,14,15). The van der Waals surface area contributed by atoms with Crippen molar-refractivity contribution in [3.63, 3.8) is 0 Å². The lowest BCUT2D eigenvalue weighted by Crippen LogP contribution is -2.38. The van der Waals surface area contributed by atoms with E-state index in [0.29, 0.717) is 18.8 Å². The number of rotatable bonds is 7. The summed E-state index contributed by atoms with van der Waals surface area (Å²) in [6, 6.07) is -0.154. The average molecular weight is 313 g/mol. The molecule has 2 heterocycles. The van der Waals surface area contributed by atoms with Gasteiger partial charge in [0, 0.05) is 25.6 Å². The lowest BCUT2D eigenvalue weighted by atomic mass is 10.2. The van der Waals surface area contributed by atoms with Gasteiger partial charge in [0.05, 0.1) is 12.4 Å². The molecule has 1 aliphatic rings. The Kier molecular flexibility index (Phi) is 5.07. The van der Waals surface area contributed by atoms with E-state index in [-0.39, 0.29) is 23.4 Å². The first-order valence-corrected chi connectivity index (χ1v) is 8.34. The van der Waals surface area contributed by atoms with Crippen LogP contribution in [0.3, 0.4) is 0 Å². The van der Waals surface area contributed by atoms with Crippen LogP contribution >= 0.6 is 0 Å². The lowest BCUT2D eigenvalue weighted by Gasteiger charge is -2.11. The smallest absolute Gasteiger partial charge is 0.243 e. The lowest BCUT2D eigenvalue weighted by molar-refractivity contribution is -0.119. The van der Waals surface area contributed by atoms with Gasteiger partial charge >= 0.3 is 0 Å². The zero-order chi connectivity index (χ0) is 15.3. The molecule has 1 fully saturated rings. The average Bonchev–Trinajstić information content (AvgIpc) is 2.89. The molecule has 2 rings (SSSR count). The zero-order valence-electron chi connectivity index (χ0n) is 11.8. The third-order valence-corrected chi connectivity index (χ3v) is 4.45. The van der Waals surface area contributed by atoms with Crippen LogP contribution in [0.25, 0.3) is 0 Å². The fourth-order valence-electron chi connectivity index (χ4n) is 1.91. The maximum Gasteiger partial charge on any atom is 0.243 e. The van der Waals surface area contributed by atoms with Gasteiger partial charge in [-0.2, -0.15) is 0 Å². The maximum absolute atomic E-state index is 12.1. The van der Waals surface area contributed by atoms with Crippen molar-refractivity contribution in [1.29, 1.82) is 0 Å². The first-order valence-electron chi connectivity index (χ1n) is 6.86. The molecule has 0 radical (unpaired) electrons. The highest BCUT2D eigenvalue weighted by Crippen LogP contribution is 2.09. The van der Waals surface area contributed by atoms with Gasteiger partial charge in [-0.15, -0.1) is 0 Å². The Morgan fingerprint density at radius 2 is 2.10 bits per heavy atom. The summed E-state index contributed by atoms with van der Waals surface area (Å²) in [5.74, 6) is 0.354. The van der Waals surface area contributed by atoms with Gasteiger partial charge in [0.25, 0.3) is 0 Å². The summed E-state index contributed by atoms with van der Waals surface area (Å²) < 4.78 is 26.6. The molecule has 8 nitrogen and oxygen atoms in total. The molecule has 0 aromatic carbocycles. The predicted molar refractivity (Wildman–Crippen MR) is 77.2 cm³/mol. The quantitative estimate of drug-likeness (QED) is 0.645. The molecule has 1 aliphatic heterocycles. The van der Waals surface area contributed by atoms with Gasteiger partial charge < -0.3 is 10.6 Å². The number of nitrogens with zero attached hydrogens (tertiary/aromatic N) is 2. The Labute approximate surface area is 123 Å². The summed E-state index contributed by atoms with van der Waals surface area (Å²) >= 11 is 0. The molecule has 1 saturated heterocycles. The molecule has 1 aromatic heterocycles. The molecular formula is C12H19N5O3S. The first-order chi connectivity index (χ1) is 10.0. The van der Waals surface area contributed by atoms with Crippen LogP contribution in [-0.2, 0) is 14.8 Å². The highest BCUT2D eigenvalue weighted by atomic mass is 32.2. The third kappa shape index (κ3) is 4.36. The Bertz CT molecular complexity index is 587. The fourth-order valence-corrected chi connectivity index (χ4v) is 2.88. The van der Waals surface area contributed by atoms with Crippen LogP contribution in [0.4, 0.5) is 5.95 Å². The minimum atomic E-state index is -3.66. The summed E-state index contributed by atoms with van der Waals surface area (Å²) in [6.45, 7) is 2.91.